The molecule has 0 unspecified atom stereocenters. The van der Waals surface area contributed by atoms with E-state index in [1.165, 1.54) is 0 Å². The lowest BCUT2D eigenvalue weighted by molar-refractivity contribution is -0.0520. The van der Waals surface area contributed by atoms with Gasteiger partial charge in [-0.15, -0.1) is 0 Å². The Labute approximate surface area is 187 Å². The topological polar surface area (TPSA) is 84.0 Å². The molecular weight excluding hydrogens is 418 g/mol. The number of para-hydroxylation sites is 1. The zero-order valence-corrected chi connectivity index (χ0v) is 18.6. The molecule has 0 radical (unpaired) electrons. The fourth-order valence-corrected chi connectivity index (χ4v) is 2.96. The molecule has 174 valence electrons. The molecule has 0 aliphatic carbocycles. The molecule has 0 aliphatic rings. The van der Waals surface area contributed by atoms with Crippen molar-refractivity contribution in [3.05, 3.63) is 59.2 Å². The molecule has 0 saturated carbocycles. The van der Waals surface area contributed by atoms with E-state index in [-0.39, 0.29) is 24.0 Å². The largest absolute Gasteiger partial charge is 0.490 e. The maximum Gasteiger partial charge on any atom is 0.387 e. The van der Waals surface area contributed by atoms with Gasteiger partial charge in [-0.3, -0.25) is 4.79 Å². The van der Waals surface area contributed by atoms with Crippen molar-refractivity contribution in [2.45, 2.75) is 40.5 Å². The third kappa shape index (κ3) is 7.72. The fourth-order valence-electron chi connectivity index (χ4n) is 2.96. The second-order valence-electron chi connectivity index (χ2n) is 6.66. The van der Waals surface area contributed by atoms with E-state index < -0.39 is 6.61 Å². The minimum Gasteiger partial charge on any atom is -0.490 e. The Bertz CT molecular complexity index is 907. The molecule has 3 N–H and O–H groups in total. The molecule has 2 aromatic rings. The monoisotopic (exact) mass is 448 g/mol. The SMILES string of the molecule is CCNC(=O)c1cccc(CN=C(NCC)NCc2cccc(OCC)c2OC(F)F)c1. The van der Waals surface area contributed by atoms with Crippen LogP contribution in [-0.4, -0.2) is 38.2 Å². The minimum atomic E-state index is -2.96. The number of nitrogens with one attached hydrogen (secondary N) is 3. The van der Waals surface area contributed by atoms with E-state index in [1.807, 2.05) is 26.0 Å². The summed E-state index contributed by atoms with van der Waals surface area (Å²) in [5.74, 6) is 0.628. The number of ether oxygens (including phenoxy) is 2. The number of alkyl halides is 2. The Hall–Kier alpha value is -3.36. The van der Waals surface area contributed by atoms with Gasteiger partial charge in [-0.05, 0) is 44.5 Å². The second-order valence-corrected chi connectivity index (χ2v) is 6.66. The standard InChI is InChI=1S/C23H30F2N4O3/c1-4-26-21(30)17-10-7-9-16(13-17)14-28-23(27-5-2)29-15-18-11-8-12-19(31-6-3)20(18)32-22(24)25/h7-13,22H,4-6,14-15H2,1-3H3,(H,26,30)(H2,27,28,29). The van der Waals surface area contributed by atoms with Crippen molar-refractivity contribution < 1.29 is 23.0 Å². The van der Waals surface area contributed by atoms with E-state index in [2.05, 4.69) is 20.9 Å². The normalized spacial score (nSPS) is 11.2. The van der Waals surface area contributed by atoms with Gasteiger partial charge in [-0.25, -0.2) is 4.99 Å². The van der Waals surface area contributed by atoms with Crippen LogP contribution < -0.4 is 25.4 Å². The number of carbonyl (C=O) groups is 1. The first-order chi connectivity index (χ1) is 15.5. The molecule has 0 heterocycles. The highest BCUT2D eigenvalue weighted by atomic mass is 19.3. The number of halogens is 2. The van der Waals surface area contributed by atoms with E-state index in [4.69, 9.17) is 9.47 Å². The van der Waals surface area contributed by atoms with Crippen LogP contribution in [0.4, 0.5) is 8.78 Å². The molecule has 2 aromatic carbocycles. The van der Waals surface area contributed by atoms with Crippen LogP contribution >= 0.6 is 0 Å². The molecule has 0 saturated heterocycles. The molecule has 0 bridgehead atoms. The highest BCUT2D eigenvalue weighted by Gasteiger charge is 2.16. The zero-order chi connectivity index (χ0) is 23.3. The average Bonchev–Trinajstić information content (AvgIpc) is 2.77. The Morgan fingerprint density at radius 1 is 1.03 bits per heavy atom. The van der Waals surface area contributed by atoms with Crippen LogP contribution in [-0.2, 0) is 13.1 Å². The predicted octanol–water partition coefficient (Wildman–Crippen LogP) is 3.69. The first-order valence-electron chi connectivity index (χ1n) is 10.6. The molecule has 9 heteroatoms. The smallest absolute Gasteiger partial charge is 0.387 e. The molecular formula is C23H30F2N4O3. The van der Waals surface area contributed by atoms with Gasteiger partial charge in [0.15, 0.2) is 17.5 Å². The van der Waals surface area contributed by atoms with Crippen molar-refractivity contribution in [3.8, 4) is 11.5 Å². The Kier molecular flexibility index (Phi) is 10.2. The number of hydrogen-bond acceptors (Lipinski definition) is 4. The molecule has 0 atom stereocenters. The van der Waals surface area contributed by atoms with Crippen molar-refractivity contribution in [2.75, 3.05) is 19.7 Å². The summed E-state index contributed by atoms with van der Waals surface area (Å²) in [5.41, 5.74) is 1.95. The Morgan fingerprint density at radius 2 is 1.78 bits per heavy atom. The summed E-state index contributed by atoms with van der Waals surface area (Å²) < 4.78 is 36.0. The van der Waals surface area contributed by atoms with E-state index in [9.17, 15) is 13.6 Å². The third-order valence-corrected chi connectivity index (χ3v) is 4.30. The van der Waals surface area contributed by atoms with Gasteiger partial charge in [-0.1, -0.05) is 24.3 Å². The summed E-state index contributed by atoms with van der Waals surface area (Å²) in [6.07, 6.45) is 0. The summed E-state index contributed by atoms with van der Waals surface area (Å²) >= 11 is 0. The summed E-state index contributed by atoms with van der Waals surface area (Å²) in [6, 6.07) is 12.2. The van der Waals surface area contributed by atoms with Crippen molar-refractivity contribution in [3.63, 3.8) is 0 Å². The van der Waals surface area contributed by atoms with Gasteiger partial charge in [0, 0.05) is 30.8 Å². The molecule has 2 rings (SSSR count). The van der Waals surface area contributed by atoms with Crippen LogP contribution in [0.2, 0.25) is 0 Å². The lowest BCUT2D eigenvalue weighted by Crippen LogP contribution is -2.37. The average molecular weight is 449 g/mol. The van der Waals surface area contributed by atoms with Gasteiger partial charge in [0.05, 0.1) is 13.2 Å². The van der Waals surface area contributed by atoms with Crippen LogP contribution in [0.3, 0.4) is 0 Å². The summed E-state index contributed by atoms with van der Waals surface area (Å²) in [4.78, 5) is 16.6. The molecule has 7 nitrogen and oxygen atoms in total. The summed E-state index contributed by atoms with van der Waals surface area (Å²) in [7, 11) is 0. The number of hydrogen-bond donors (Lipinski definition) is 3. The number of carbonyl (C=O) groups excluding carboxylic acids is 1. The van der Waals surface area contributed by atoms with Gasteiger partial charge >= 0.3 is 6.61 Å². The maximum atomic E-state index is 12.9. The van der Waals surface area contributed by atoms with Crippen molar-refractivity contribution in [2.24, 2.45) is 4.99 Å². The van der Waals surface area contributed by atoms with Gasteiger partial charge in [0.1, 0.15) is 0 Å². The second kappa shape index (κ2) is 13.1. The molecule has 0 aliphatic heterocycles. The quantitative estimate of drug-likeness (QED) is 0.361. The minimum absolute atomic E-state index is 0.00216. The summed E-state index contributed by atoms with van der Waals surface area (Å²) in [6.45, 7) is 4.63. The lowest BCUT2D eigenvalue weighted by atomic mass is 10.1. The number of nitrogens with zero attached hydrogens (tertiary/aromatic N) is 1. The molecule has 0 fully saturated rings. The molecule has 32 heavy (non-hydrogen) atoms. The fraction of sp³-hybridized carbons (Fsp3) is 0.391. The number of aliphatic imine (C=N–C) groups is 1. The van der Waals surface area contributed by atoms with Gasteiger partial charge in [0.2, 0.25) is 0 Å². The van der Waals surface area contributed by atoms with Crippen LogP contribution in [0, 0.1) is 0 Å². The zero-order valence-electron chi connectivity index (χ0n) is 18.6. The van der Waals surface area contributed by atoms with Crippen LogP contribution in [0.5, 0.6) is 11.5 Å². The van der Waals surface area contributed by atoms with Crippen LogP contribution in [0.15, 0.2) is 47.5 Å². The van der Waals surface area contributed by atoms with E-state index in [0.29, 0.717) is 43.3 Å². The third-order valence-electron chi connectivity index (χ3n) is 4.30. The number of guanidine groups is 1. The van der Waals surface area contributed by atoms with Crippen LogP contribution in [0.1, 0.15) is 42.3 Å². The van der Waals surface area contributed by atoms with E-state index >= 15 is 0 Å². The number of amides is 1. The first kappa shape index (κ1) is 24.9. The van der Waals surface area contributed by atoms with Crippen LogP contribution in [0.25, 0.3) is 0 Å². The number of rotatable bonds is 11. The number of benzene rings is 2. The van der Waals surface area contributed by atoms with Gasteiger partial charge in [-0.2, -0.15) is 8.78 Å². The highest BCUT2D eigenvalue weighted by Crippen LogP contribution is 2.32. The molecule has 0 aromatic heterocycles. The first-order valence-corrected chi connectivity index (χ1v) is 10.6. The van der Waals surface area contributed by atoms with E-state index in [0.717, 1.165) is 5.56 Å². The van der Waals surface area contributed by atoms with Crippen molar-refractivity contribution in [1.29, 1.82) is 0 Å². The Morgan fingerprint density at radius 3 is 2.47 bits per heavy atom. The highest BCUT2D eigenvalue weighted by molar-refractivity contribution is 5.94. The Balaban J connectivity index is 2.14. The van der Waals surface area contributed by atoms with Gasteiger partial charge < -0.3 is 25.4 Å². The molecule has 1 amide bonds. The predicted molar refractivity (Wildman–Crippen MR) is 120 cm³/mol. The van der Waals surface area contributed by atoms with Gasteiger partial charge in [0.25, 0.3) is 5.91 Å². The van der Waals surface area contributed by atoms with Crippen molar-refractivity contribution >= 4 is 11.9 Å². The summed E-state index contributed by atoms with van der Waals surface area (Å²) in [5, 5.41) is 9.02. The van der Waals surface area contributed by atoms with Crippen molar-refractivity contribution in [1.82, 2.24) is 16.0 Å². The lowest BCUT2D eigenvalue weighted by Gasteiger charge is -2.17. The van der Waals surface area contributed by atoms with E-state index in [1.54, 1.807) is 37.3 Å². The molecule has 0 spiro atoms. The maximum absolute atomic E-state index is 12.9.